The summed E-state index contributed by atoms with van der Waals surface area (Å²) in [5.41, 5.74) is 5.17. The zero-order valence-electron chi connectivity index (χ0n) is 9.02. The zero-order chi connectivity index (χ0) is 12.1. The minimum absolute atomic E-state index is 0.0118. The van der Waals surface area contributed by atoms with E-state index in [2.05, 4.69) is 10.5 Å². The number of nitrogens with one attached hydrogen (secondary N) is 1. The molecular formula is C9H13N3O4. The second-order valence-electron chi connectivity index (χ2n) is 3.21. The Morgan fingerprint density at radius 3 is 2.81 bits per heavy atom. The molecule has 1 rings (SSSR count). The van der Waals surface area contributed by atoms with Crippen molar-refractivity contribution in [2.45, 2.75) is 13.0 Å². The van der Waals surface area contributed by atoms with Crippen LogP contribution in [0.15, 0.2) is 10.6 Å². The minimum Gasteiger partial charge on any atom is -0.382 e. The third kappa shape index (κ3) is 3.06. The lowest BCUT2D eigenvalue weighted by atomic mass is 10.2. The maximum atomic E-state index is 11.6. The Labute approximate surface area is 91.9 Å². The average Bonchev–Trinajstić information content (AvgIpc) is 2.64. The van der Waals surface area contributed by atoms with Gasteiger partial charge in [-0.05, 0) is 6.92 Å². The number of rotatable bonds is 5. The first-order chi connectivity index (χ1) is 7.54. The van der Waals surface area contributed by atoms with Crippen molar-refractivity contribution in [1.29, 1.82) is 0 Å². The SMILES string of the molecule is COC[C@H](NC(=O)c1cc(C)on1)C(N)=O. The van der Waals surface area contributed by atoms with E-state index in [1.54, 1.807) is 6.92 Å². The van der Waals surface area contributed by atoms with E-state index in [0.717, 1.165) is 0 Å². The van der Waals surface area contributed by atoms with Crippen LogP contribution in [0.4, 0.5) is 0 Å². The van der Waals surface area contributed by atoms with Crippen LogP contribution in [0.1, 0.15) is 16.2 Å². The van der Waals surface area contributed by atoms with Crippen molar-refractivity contribution < 1.29 is 18.8 Å². The van der Waals surface area contributed by atoms with E-state index in [0.29, 0.717) is 5.76 Å². The van der Waals surface area contributed by atoms with Gasteiger partial charge in [0.1, 0.15) is 11.8 Å². The Morgan fingerprint density at radius 1 is 1.69 bits per heavy atom. The van der Waals surface area contributed by atoms with Gasteiger partial charge in [0, 0.05) is 13.2 Å². The summed E-state index contributed by atoms with van der Waals surface area (Å²) in [6.45, 7) is 1.67. The molecule has 0 bridgehead atoms. The highest BCUT2D eigenvalue weighted by Gasteiger charge is 2.20. The summed E-state index contributed by atoms with van der Waals surface area (Å²) in [5.74, 6) is -0.694. The first-order valence-corrected chi connectivity index (χ1v) is 4.57. The summed E-state index contributed by atoms with van der Waals surface area (Å²) in [4.78, 5) is 22.5. The fraction of sp³-hybridized carbons (Fsp3) is 0.444. The second kappa shape index (κ2) is 5.26. The fourth-order valence-electron chi connectivity index (χ4n) is 1.07. The maximum absolute atomic E-state index is 11.6. The molecule has 0 fully saturated rings. The van der Waals surface area contributed by atoms with Gasteiger partial charge in [-0.2, -0.15) is 0 Å². The average molecular weight is 227 g/mol. The number of aromatic nitrogens is 1. The topological polar surface area (TPSA) is 107 Å². The molecule has 3 N–H and O–H groups in total. The third-order valence-corrected chi connectivity index (χ3v) is 1.84. The predicted molar refractivity (Wildman–Crippen MR) is 53.6 cm³/mol. The summed E-state index contributed by atoms with van der Waals surface area (Å²) in [5, 5.41) is 5.89. The van der Waals surface area contributed by atoms with E-state index in [-0.39, 0.29) is 12.3 Å². The van der Waals surface area contributed by atoms with Crippen molar-refractivity contribution in [3.8, 4) is 0 Å². The fourth-order valence-corrected chi connectivity index (χ4v) is 1.07. The minimum atomic E-state index is -0.880. The van der Waals surface area contributed by atoms with E-state index in [1.807, 2.05) is 0 Å². The number of carbonyl (C=O) groups is 2. The van der Waals surface area contributed by atoms with Gasteiger partial charge in [-0.3, -0.25) is 9.59 Å². The molecular weight excluding hydrogens is 214 g/mol. The molecule has 16 heavy (non-hydrogen) atoms. The first-order valence-electron chi connectivity index (χ1n) is 4.57. The van der Waals surface area contributed by atoms with Gasteiger partial charge in [-0.25, -0.2) is 0 Å². The Balaban J connectivity index is 2.65. The van der Waals surface area contributed by atoms with Crippen LogP contribution in [0.2, 0.25) is 0 Å². The molecule has 0 unspecified atom stereocenters. The molecule has 1 atom stereocenters. The van der Waals surface area contributed by atoms with E-state index in [1.165, 1.54) is 13.2 Å². The molecule has 7 heteroatoms. The molecule has 0 aliphatic rings. The lowest BCUT2D eigenvalue weighted by Gasteiger charge is -2.12. The van der Waals surface area contributed by atoms with Crippen molar-refractivity contribution in [2.24, 2.45) is 5.73 Å². The summed E-state index contributed by atoms with van der Waals surface area (Å²) < 4.78 is 9.48. The molecule has 0 saturated carbocycles. The van der Waals surface area contributed by atoms with Crippen molar-refractivity contribution >= 4 is 11.8 Å². The third-order valence-electron chi connectivity index (χ3n) is 1.84. The Hall–Kier alpha value is -1.89. The summed E-state index contributed by atoms with van der Waals surface area (Å²) >= 11 is 0. The van der Waals surface area contributed by atoms with Crippen LogP contribution < -0.4 is 11.1 Å². The van der Waals surface area contributed by atoms with Gasteiger partial charge in [0.25, 0.3) is 5.91 Å². The molecule has 0 aromatic carbocycles. The molecule has 1 aromatic heterocycles. The van der Waals surface area contributed by atoms with Gasteiger partial charge in [0.05, 0.1) is 6.61 Å². The van der Waals surface area contributed by atoms with Crippen LogP contribution >= 0.6 is 0 Å². The number of carbonyl (C=O) groups excluding carboxylic acids is 2. The lowest BCUT2D eigenvalue weighted by Crippen LogP contribution is -2.47. The molecule has 88 valence electrons. The summed E-state index contributed by atoms with van der Waals surface area (Å²) in [6, 6.07) is 0.578. The number of ether oxygens (including phenoxy) is 1. The Bertz CT molecular complexity index is 388. The van der Waals surface area contributed by atoms with E-state index in [4.69, 9.17) is 15.0 Å². The van der Waals surface area contributed by atoms with Crippen LogP contribution in [0.25, 0.3) is 0 Å². The highest BCUT2D eigenvalue weighted by atomic mass is 16.5. The molecule has 0 aliphatic heterocycles. The Kier molecular flexibility index (Phi) is 4.01. The van der Waals surface area contributed by atoms with Crippen molar-refractivity contribution in [1.82, 2.24) is 10.5 Å². The molecule has 7 nitrogen and oxygen atoms in total. The molecule has 1 aromatic rings. The lowest BCUT2D eigenvalue weighted by molar-refractivity contribution is -0.121. The largest absolute Gasteiger partial charge is 0.382 e. The van der Waals surface area contributed by atoms with E-state index < -0.39 is 17.9 Å². The van der Waals surface area contributed by atoms with Gasteiger partial charge in [-0.1, -0.05) is 5.16 Å². The predicted octanol–water partition coefficient (Wildman–Crippen LogP) is -0.787. The maximum Gasteiger partial charge on any atom is 0.274 e. The monoisotopic (exact) mass is 227 g/mol. The molecule has 0 aliphatic carbocycles. The van der Waals surface area contributed by atoms with Crippen LogP contribution in [0.3, 0.4) is 0 Å². The van der Waals surface area contributed by atoms with Gasteiger partial charge in [0.2, 0.25) is 5.91 Å². The van der Waals surface area contributed by atoms with Crippen LogP contribution in [-0.4, -0.2) is 36.7 Å². The standard InChI is InChI=1S/C9H13N3O4/c1-5-3-6(12-16-5)9(14)11-7(4-15-2)8(10)13/h3,7H,4H2,1-2H3,(H2,10,13)(H,11,14)/t7-/m0/s1. The molecule has 0 spiro atoms. The molecule has 2 amide bonds. The zero-order valence-corrected chi connectivity index (χ0v) is 9.02. The normalized spacial score (nSPS) is 12.1. The second-order valence-corrected chi connectivity index (χ2v) is 3.21. The summed E-state index contributed by atoms with van der Waals surface area (Å²) in [6.07, 6.45) is 0. The van der Waals surface area contributed by atoms with Gasteiger partial charge in [0.15, 0.2) is 5.69 Å². The van der Waals surface area contributed by atoms with Crippen molar-refractivity contribution in [3.63, 3.8) is 0 Å². The van der Waals surface area contributed by atoms with Gasteiger partial charge < -0.3 is 20.3 Å². The van der Waals surface area contributed by atoms with Gasteiger partial charge >= 0.3 is 0 Å². The van der Waals surface area contributed by atoms with Crippen LogP contribution in [0, 0.1) is 6.92 Å². The number of nitrogens with zero attached hydrogens (tertiary/aromatic N) is 1. The number of amides is 2. The number of hydrogen-bond donors (Lipinski definition) is 2. The highest BCUT2D eigenvalue weighted by molar-refractivity contribution is 5.95. The summed E-state index contributed by atoms with van der Waals surface area (Å²) in [7, 11) is 1.41. The number of methoxy groups -OCH3 is 1. The van der Waals surface area contributed by atoms with Crippen molar-refractivity contribution in [3.05, 3.63) is 17.5 Å². The number of aryl methyl sites for hydroxylation is 1. The molecule has 0 radical (unpaired) electrons. The number of nitrogens with two attached hydrogens (primary N) is 1. The highest BCUT2D eigenvalue weighted by Crippen LogP contribution is 2.01. The van der Waals surface area contributed by atoms with Crippen LogP contribution in [0.5, 0.6) is 0 Å². The van der Waals surface area contributed by atoms with Gasteiger partial charge in [-0.15, -0.1) is 0 Å². The smallest absolute Gasteiger partial charge is 0.274 e. The number of hydrogen-bond acceptors (Lipinski definition) is 5. The van der Waals surface area contributed by atoms with Crippen LogP contribution in [-0.2, 0) is 9.53 Å². The molecule has 1 heterocycles. The van der Waals surface area contributed by atoms with E-state index >= 15 is 0 Å². The Morgan fingerprint density at radius 2 is 2.38 bits per heavy atom. The first kappa shape index (κ1) is 12.2. The quantitative estimate of drug-likeness (QED) is 0.685. The van der Waals surface area contributed by atoms with E-state index in [9.17, 15) is 9.59 Å². The molecule has 0 saturated heterocycles. The number of primary amides is 1. The van der Waals surface area contributed by atoms with Crippen molar-refractivity contribution in [2.75, 3.05) is 13.7 Å².